The lowest BCUT2D eigenvalue weighted by Crippen LogP contribution is -2.04. The van der Waals surface area contributed by atoms with Crippen LogP contribution in [0.4, 0.5) is 0 Å². The molecule has 0 spiro atoms. The topological polar surface area (TPSA) is 141 Å². The largest absolute Gasteiger partial charge is 0.507 e. The van der Waals surface area contributed by atoms with E-state index >= 15 is 0 Å². The number of benzene rings is 2. The highest BCUT2D eigenvalue weighted by atomic mass is 16.5. The van der Waals surface area contributed by atoms with Crippen molar-refractivity contribution >= 4 is 11.0 Å². The highest BCUT2D eigenvalue weighted by Gasteiger charge is 2.20. The van der Waals surface area contributed by atoms with Gasteiger partial charge in [0.25, 0.3) is 0 Å². The highest BCUT2D eigenvalue weighted by Crippen LogP contribution is 2.41. The summed E-state index contributed by atoms with van der Waals surface area (Å²) in [5.41, 5.74) is 0.163. The number of fused-ring (bicyclic) bond motifs is 1. The van der Waals surface area contributed by atoms with Crippen LogP contribution in [0.2, 0.25) is 0 Å². The normalized spacial score (nSPS) is 11.3. The molecule has 0 aliphatic carbocycles. The van der Waals surface area contributed by atoms with E-state index in [1.807, 2.05) is 0 Å². The molecule has 3 rings (SSSR count). The van der Waals surface area contributed by atoms with Gasteiger partial charge in [0.2, 0.25) is 0 Å². The molecule has 0 saturated heterocycles. The Bertz CT molecular complexity index is 1210. The third-order valence-electron chi connectivity index (χ3n) is 6.47. The van der Waals surface area contributed by atoms with Crippen molar-refractivity contribution in [2.24, 2.45) is 0 Å². The molecule has 0 unspecified atom stereocenters. The molecular formula is C28H36O8. The number of aromatic hydroxyl groups is 4. The number of unbranched alkanes of at least 4 members (excludes halogenated alkanes) is 9. The third kappa shape index (κ3) is 6.63. The number of phenolic OH excluding ortho intramolecular Hbond substituents is 4. The molecule has 2 aromatic carbocycles. The van der Waals surface area contributed by atoms with Crippen LogP contribution in [0, 0.1) is 0 Å². The Balaban J connectivity index is 1.68. The summed E-state index contributed by atoms with van der Waals surface area (Å²) in [6, 6.07) is 4.73. The minimum absolute atomic E-state index is 0.0250. The molecule has 8 heteroatoms. The summed E-state index contributed by atoms with van der Waals surface area (Å²) in [5, 5.41) is 49.2. The van der Waals surface area contributed by atoms with Crippen molar-refractivity contribution < 1.29 is 34.7 Å². The van der Waals surface area contributed by atoms with Crippen molar-refractivity contribution in [2.75, 3.05) is 13.7 Å². The van der Waals surface area contributed by atoms with Gasteiger partial charge >= 0.3 is 0 Å². The fraction of sp³-hybridized carbons (Fsp3) is 0.464. The molecule has 36 heavy (non-hydrogen) atoms. The maximum absolute atomic E-state index is 12.9. The quantitative estimate of drug-likeness (QED) is 0.107. The second-order valence-corrected chi connectivity index (χ2v) is 9.12. The molecule has 0 atom stereocenters. The first kappa shape index (κ1) is 27.2. The summed E-state index contributed by atoms with van der Waals surface area (Å²) < 4.78 is 11.3. The van der Waals surface area contributed by atoms with E-state index in [9.17, 15) is 25.2 Å². The van der Waals surface area contributed by atoms with Gasteiger partial charge in [-0.05, 0) is 25.3 Å². The van der Waals surface area contributed by atoms with Crippen molar-refractivity contribution in [3.63, 3.8) is 0 Å². The number of methoxy groups -OCH3 is 1. The van der Waals surface area contributed by atoms with E-state index in [0.29, 0.717) is 17.7 Å². The zero-order valence-corrected chi connectivity index (χ0v) is 20.8. The van der Waals surface area contributed by atoms with Gasteiger partial charge in [-0.2, -0.15) is 0 Å². The van der Waals surface area contributed by atoms with Gasteiger partial charge in [-0.25, -0.2) is 0 Å². The molecule has 0 saturated carbocycles. The summed E-state index contributed by atoms with van der Waals surface area (Å²) in [6.07, 6.45) is 11.4. The van der Waals surface area contributed by atoms with Crippen molar-refractivity contribution in [1.29, 1.82) is 0 Å². The fourth-order valence-corrected chi connectivity index (χ4v) is 4.47. The van der Waals surface area contributed by atoms with Crippen LogP contribution < -0.4 is 10.2 Å². The van der Waals surface area contributed by atoms with E-state index in [4.69, 9.17) is 14.3 Å². The maximum atomic E-state index is 12.9. The average Bonchev–Trinajstić information content (AvgIpc) is 2.85. The Kier molecular flexibility index (Phi) is 9.87. The summed E-state index contributed by atoms with van der Waals surface area (Å²) in [5.74, 6) is -1.14. The second kappa shape index (κ2) is 13.1. The molecule has 1 aromatic heterocycles. The van der Waals surface area contributed by atoms with Crippen LogP contribution in [0.1, 0.15) is 69.8 Å². The Morgan fingerprint density at radius 3 is 1.94 bits per heavy atom. The smallest absolute Gasteiger partial charge is 0.197 e. The number of hydrogen-bond donors (Lipinski definition) is 5. The van der Waals surface area contributed by atoms with Gasteiger partial charge in [-0.3, -0.25) is 4.79 Å². The van der Waals surface area contributed by atoms with Crippen LogP contribution in [0.15, 0.2) is 33.5 Å². The van der Waals surface area contributed by atoms with E-state index in [1.165, 1.54) is 32.8 Å². The van der Waals surface area contributed by atoms with Gasteiger partial charge in [-0.15, -0.1) is 0 Å². The van der Waals surface area contributed by atoms with Crippen LogP contribution in [0.5, 0.6) is 28.7 Å². The zero-order valence-electron chi connectivity index (χ0n) is 20.8. The monoisotopic (exact) mass is 500 g/mol. The van der Waals surface area contributed by atoms with Crippen LogP contribution >= 0.6 is 0 Å². The number of rotatable bonds is 14. The number of phenols is 4. The molecule has 0 bridgehead atoms. The summed E-state index contributed by atoms with van der Waals surface area (Å²) >= 11 is 0. The van der Waals surface area contributed by atoms with Crippen LogP contribution in [-0.2, 0) is 6.42 Å². The van der Waals surface area contributed by atoms with Crippen molar-refractivity contribution in [2.45, 2.75) is 70.6 Å². The van der Waals surface area contributed by atoms with E-state index in [2.05, 4.69) is 0 Å². The van der Waals surface area contributed by atoms with Crippen molar-refractivity contribution in [1.82, 2.24) is 0 Å². The van der Waals surface area contributed by atoms with Crippen LogP contribution in [0.25, 0.3) is 22.3 Å². The van der Waals surface area contributed by atoms with Crippen molar-refractivity contribution in [3.8, 4) is 40.1 Å². The number of hydrogen-bond acceptors (Lipinski definition) is 8. The minimum Gasteiger partial charge on any atom is -0.507 e. The summed E-state index contributed by atoms with van der Waals surface area (Å²) in [4.78, 5) is 12.9. The Labute approximate surface area is 210 Å². The number of aliphatic hydroxyl groups excluding tert-OH is 1. The Morgan fingerprint density at radius 1 is 0.750 bits per heavy atom. The summed E-state index contributed by atoms with van der Waals surface area (Å²) in [7, 11) is 1.48. The first-order valence-electron chi connectivity index (χ1n) is 12.6. The Morgan fingerprint density at radius 2 is 1.33 bits per heavy atom. The molecule has 8 nitrogen and oxygen atoms in total. The first-order valence-corrected chi connectivity index (χ1v) is 12.6. The standard InChI is InChI=1S/C28H36O8/c1-35-24-17-26-27(23(33)16-25(36-26)19-14-21(31)22(32)15-20(19)30)28(34)18(24)12-10-8-6-4-2-3-5-7-9-11-13-29/h14-17,29-32,34H,2-13H2,1H3. The average molecular weight is 501 g/mol. The second-order valence-electron chi connectivity index (χ2n) is 9.12. The molecule has 0 aliphatic heterocycles. The molecule has 3 aromatic rings. The molecular weight excluding hydrogens is 464 g/mol. The van der Waals surface area contributed by atoms with Gasteiger partial charge in [0.05, 0.1) is 12.7 Å². The molecule has 0 radical (unpaired) electrons. The third-order valence-corrected chi connectivity index (χ3v) is 6.47. The molecule has 196 valence electrons. The van der Waals surface area contributed by atoms with E-state index < -0.39 is 16.9 Å². The lowest BCUT2D eigenvalue weighted by atomic mass is 10.00. The SMILES string of the molecule is COc1cc2oc(-c3cc(O)c(O)cc3O)cc(=O)c2c(O)c1CCCCCCCCCCCCO. The minimum atomic E-state index is -0.502. The van der Waals surface area contributed by atoms with E-state index in [-0.39, 0.29) is 40.4 Å². The van der Waals surface area contributed by atoms with E-state index in [0.717, 1.165) is 56.7 Å². The summed E-state index contributed by atoms with van der Waals surface area (Å²) in [6.45, 7) is 0.277. The van der Waals surface area contributed by atoms with Crippen molar-refractivity contribution in [3.05, 3.63) is 40.1 Å². The predicted molar refractivity (Wildman–Crippen MR) is 138 cm³/mol. The lowest BCUT2D eigenvalue weighted by molar-refractivity contribution is 0.282. The molecule has 0 aliphatic rings. The van der Waals surface area contributed by atoms with Gasteiger partial charge in [0, 0.05) is 30.4 Å². The van der Waals surface area contributed by atoms with Gasteiger partial charge < -0.3 is 34.7 Å². The van der Waals surface area contributed by atoms with Gasteiger partial charge in [0.1, 0.15) is 34.0 Å². The number of aliphatic hydroxyl groups is 1. The maximum Gasteiger partial charge on any atom is 0.197 e. The van der Waals surface area contributed by atoms with Crippen LogP contribution in [0.3, 0.4) is 0 Å². The number of ether oxygens (including phenoxy) is 1. The Hall–Kier alpha value is -3.39. The molecule has 0 fully saturated rings. The molecule has 5 N–H and O–H groups in total. The van der Waals surface area contributed by atoms with Crippen LogP contribution in [-0.4, -0.2) is 39.2 Å². The predicted octanol–water partition coefficient (Wildman–Crippen LogP) is 5.73. The molecule has 0 amide bonds. The fourth-order valence-electron chi connectivity index (χ4n) is 4.47. The highest BCUT2D eigenvalue weighted by molar-refractivity contribution is 5.88. The zero-order chi connectivity index (χ0) is 26.1. The lowest BCUT2D eigenvalue weighted by Gasteiger charge is -2.14. The first-order chi connectivity index (χ1) is 17.4. The van der Waals surface area contributed by atoms with E-state index in [1.54, 1.807) is 6.07 Å². The molecule has 1 heterocycles. The van der Waals surface area contributed by atoms with Gasteiger partial charge in [-0.1, -0.05) is 51.4 Å². The van der Waals surface area contributed by atoms with Gasteiger partial charge in [0.15, 0.2) is 16.9 Å².